The van der Waals surface area contributed by atoms with Gasteiger partial charge in [0, 0.05) is 0 Å². The second kappa shape index (κ2) is 16.6. The van der Waals surface area contributed by atoms with Crippen molar-refractivity contribution < 1.29 is 19.3 Å². The molecule has 0 aliphatic carbocycles. The quantitative estimate of drug-likeness (QED) is 0.109. The summed E-state index contributed by atoms with van der Waals surface area (Å²) in [5, 5.41) is 9.80. The molecule has 6 aromatic rings. The van der Waals surface area contributed by atoms with E-state index >= 15 is 0 Å². The van der Waals surface area contributed by atoms with Crippen LogP contribution in [0.4, 0.5) is 0 Å². The van der Waals surface area contributed by atoms with E-state index in [0.29, 0.717) is 5.75 Å². The number of para-hydroxylation sites is 2. The topological polar surface area (TPSA) is 73.7 Å². The van der Waals surface area contributed by atoms with Gasteiger partial charge in [-0.1, -0.05) is 37.4 Å². The van der Waals surface area contributed by atoms with Crippen molar-refractivity contribution in [3.05, 3.63) is 84.9 Å². The summed E-state index contributed by atoms with van der Waals surface area (Å²) < 4.78 is 20.4. The summed E-state index contributed by atoms with van der Waals surface area (Å²) in [4.78, 5) is 11.3. The average molecular weight is 796 g/mol. The molecule has 0 atom stereocenters. The van der Waals surface area contributed by atoms with Crippen molar-refractivity contribution in [1.82, 2.24) is 9.97 Å². The van der Waals surface area contributed by atoms with Gasteiger partial charge in [0.15, 0.2) is 0 Å². The number of phenols is 1. The third kappa shape index (κ3) is 8.15. The van der Waals surface area contributed by atoms with Crippen molar-refractivity contribution in [2.24, 2.45) is 0 Å². The molecule has 0 aliphatic heterocycles. The number of nitrogens with zero attached hydrogens (tertiary/aromatic N) is 2. The molecule has 0 fully saturated rings. The van der Waals surface area contributed by atoms with Crippen molar-refractivity contribution in [3.63, 3.8) is 0 Å². The van der Waals surface area contributed by atoms with Gasteiger partial charge >= 0.3 is 227 Å². The van der Waals surface area contributed by atoms with Crippen LogP contribution in [0, 0.1) is 0 Å². The molecule has 216 valence electrons. The first-order chi connectivity index (χ1) is 19.1. The number of hydrogen-bond donors (Lipinski definition) is 1. The van der Waals surface area contributed by atoms with Crippen LogP contribution in [0.1, 0.15) is 14.9 Å². The Labute approximate surface area is 268 Å². The number of hydrogen-bond acceptors (Lipinski definition) is 6. The Morgan fingerprint density at radius 1 is 0.585 bits per heavy atom. The molecule has 41 heavy (non-hydrogen) atoms. The standard InChI is InChI=1S/C15H13NO2Se.C14H11NO2Se.CH3I.2CH4/c1-17-12-8-7-10(9-13(12)18-2)15-16-11-5-3-4-6-14(11)19-15;1-17-12-7-6-9(8-11(12)16)14-15-10-4-2-3-5-13(10)18-14;1-2;;/h3-9H,1-2H3;2-8,16H,1H3;1H3;2*1H4. The minimum absolute atomic E-state index is 0. The summed E-state index contributed by atoms with van der Waals surface area (Å²) in [5.74, 6) is 2.14. The maximum absolute atomic E-state index is 9.80. The number of methoxy groups -OCH3 is 3. The molecule has 0 amide bonds. The zero-order chi connectivity index (χ0) is 27.8. The van der Waals surface area contributed by atoms with Crippen LogP contribution >= 0.6 is 22.6 Å². The molecule has 0 radical (unpaired) electrons. The molecule has 0 unspecified atom stereocenters. The molecule has 9 heteroatoms. The van der Waals surface area contributed by atoms with Crippen LogP contribution in [0.2, 0.25) is 0 Å². The van der Waals surface area contributed by atoms with Crippen molar-refractivity contribution >= 4 is 71.2 Å². The van der Waals surface area contributed by atoms with Gasteiger partial charge in [0.05, 0.1) is 0 Å². The summed E-state index contributed by atoms with van der Waals surface area (Å²) in [6, 6.07) is 27.8. The van der Waals surface area contributed by atoms with Gasteiger partial charge in [-0.25, -0.2) is 0 Å². The Balaban J connectivity index is 0.000000259. The molecule has 6 nitrogen and oxygen atoms in total. The summed E-state index contributed by atoms with van der Waals surface area (Å²) in [6.45, 7) is 0. The zero-order valence-corrected chi connectivity index (χ0v) is 27.4. The molecule has 0 saturated heterocycles. The summed E-state index contributed by atoms with van der Waals surface area (Å²) in [5.41, 5.74) is 4.20. The molecular formula is C32H35IN2O4Se2. The number of aromatic nitrogens is 2. The predicted octanol–water partition coefficient (Wildman–Crippen LogP) is 7.97. The fourth-order valence-corrected chi connectivity index (χ4v) is 7.82. The molecule has 1 N–H and O–H groups in total. The van der Waals surface area contributed by atoms with Gasteiger partial charge in [-0.15, -0.1) is 0 Å². The number of ether oxygens (including phenoxy) is 3. The molecule has 0 aliphatic rings. The van der Waals surface area contributed by atoms with E-state index < -0.39 is 0 Å². The van der Waals surface area contributed by atoms with Crippen LogP contribution in [0.3, 0.4) is 0 Å². The van der Waals surface area contributed by atoms with Gasteiger partial charge < -0.3 is 0 Å². The van der Waals surface area contributed by atoms with Crippen LogP contribution in [-0.2, 0) is 0 Å². The maximum atomic E-state index is 9.80. The Morgan fingerprint density at radius 3 is 1.46 bits per heavy atom. The van der Waals surface area contributed by atoms with E-state index in [-0.39, 0.29) is 49.6 Å². The average Bonchev–Trinajstić information content (AvgIpc) is 3.63. The van der Waals surface area contributed by atoms with Gasteiger partial charge in [0.2, 0.25) is 0 Å². The molecule has 2 aromatic heterocycles. The zero-order valence-electron chi connectivity index (χ0n) is 21.8. The molecule has 0 bridgehead atoms. The van der Waals surface area contributed by atoms with Crippen molar-refractivity contribution in [1.29, 1.82) is 0 Å². The van der Waals surface area contributed by atoms with E-state index in [0.717, 1.165) is 42.8 Å². The summed E-state index contributed by atoms with van der Waals surface area (Å²) in [7, 11) is 4.84. The SMILES string of the molecule is C.C.CI.COc1ccc(-c2nc3ccccc3[se]2)cc1O.COc1ccc(-c2nc3ccccc3[se]2)cc1OC. The summed E-state index contributed by atoms with van der Waals surface area (Å²) in [6.07, 6.45) is 0. The monoisotopic (exact) mass is 798 g/mol. The van der Waals surface area contributed by atoms with Gasteiger partial charge in [-0.2, -0.15) is 0 Å². The van der Waals surface area contributed by atoms with Gasteiger partial charge in [0.25, 0.3) is 0 Å². The Morgan fingerprint density at radius 2 is 1.02 bits per heavy atom. The molecule has 6 rings (SSSR count). The first-order valence-corrected chi connectivity index (χ1v) is 17.4. The second-order valence-electron chi connectivity index (χ2n) is 7.93. The number of halogens is 1. The van der Waals surface area contributed by atoms with Gasteiger partial charge in [-0.3, -0.25) is 0 Å². The number of rotatable bonds is 5. The first kappa shape index (κ1) is 34.4. The van der Waals surface area contributed by atoms with Crippen LogP contribution < -0.4 is 14.2 Å². The third-order valence-electron chi connectivity index (χ3n) is 5.64. The van der Waals surface area contributed by atoms with E-state index in [4.69, 9.17) is 19.2 Å². The number of aromatic hydroxyl groups is 1. The molecule has 2 heterocycles. The van der Waals surface area contributed by atoms with Crippen LogP contribution in [0.15, 0.2) is 84.9 Å². The number of fused-ring (bicyclic) bond motifs is 2. The predicted molar refractivity (Wildman–Crippen MR) is 183 cm³/mol. The van der Waals surface area contributed by atoms with E-state index in [1.165, 1.54) is 8.52 Å². The van der Waals surface area contributed by atoms with Crippen molar-refractivity contribution in [2.75, 3.05) is 26.3 Å². The van der Waals surface area contributed by atoms with Crippen LogP contribution in [-0.4, -0.2) is 70.3 Å². The molecular weight excluding hydrogens is 761 g/mol. The number of benzene rings is 4. The summed E-state index contributed by atoms with van der Waals surface area (Å²) >= 11 is 2.62. The van der Waals surface area contributed by atoms with Crippen molar-refractivity contribution in [2.45, 2.75) is 14.9 Å². The van der Waals surface area contributed by atoms with Gasteiger partial charge in [-0.05, 0) is 4.93 Å². The van der Waals surface area contributed by atoms with Crippen molar-refractivity contribution in [3.8, 4) is 43.3 Å². The fraction of sp³-hybridized carbons (Fsp3) is 0.188. The molecule has 0 spiro atoms. The second-order valence-corrected chi connectivity index (χ2v) is 12.3. The van der Waals surface area contributed by atoms with Crippen LogP contribution in [0.5, 0.6) is 23.0 Å². The Kier molecular flexibility index (Phi) is 13.9. The normalized spacial score (nSPS) is 9.78. The Hall–Kier alpha value is -2.81. The Bertz CT molecular complexity index is 1620. The molecule has 4 aromatic carbocycles. The van der Waals surface area contributed by atoms with E-state index in [1.807, 2.05) is 53.5 Å². The van der Waals surface area contributed by atoms with E-state index in [9.17, 15) is 5.11 Å². The third-order valence-corrected chi connectivity index (χ3v) is 10.2. The van der Waals surface area contributed by atoms with E-state index in [2.05, 4.69) is 51.8 Å². The van der Waals surface area contributed by atoms with Crippen LogP contribution in [0.25, 0.3) is 39.8 Å². The minimum atomic E-state index is 0. The number of alkyl halides is 1. The first-order valence-electron chi connectivity index (χ1n) is 11.8. The van der Waals surface area contributed by atoms with E-state index in [1.54, 1.807) is 33.5 Å². The fourth-order valence-electron chi connectivity index (χ4n) is 3.78. The molecule has 0 saturated carbocycles. The number of phenolic OH excluding ortho intramolecular Hbond substituents is 1. The van der Waals surface area contributed by atoms with Gasteiger partial charge in [0.1, 0.15) is 0 Å².